The van der Waals surface area contributed by atoms with Crippen molar-refractivity contribution in [1.82, 2.24) is 4.98 Å². The van der Waals surface area contributed by atoms with Crippen LogP contribution in [0.5, 0.6) is 0 Å². The van der Waals surface area contributed by atoms with Gasteiger partial charge in [0.05, 0.1) is 17.4 Å². The number of ether oxygens (including phenoxy) is 2. The van der Waals surface area contributed by atoms with Crippen LogP contribution in [-0.2, 0) is 25.7 Å². The number of hydrogen-bond donors (Lipinski definition) is 0. The van der Waals surface area contributed by atoms with E-state index < -0.39 is 37.1 Å². The molecule has 2 unspecified atom stereocenters. The molecule has 1 aromatic heterocycles. The zero-order valence-corrected chi connectivity index (χ0v) is 29.1. The van der Waals surface area contributed by atoms with Crippen molar-refractivity contribution in [3.63, 3.8) is 0 Å². The quantitative estimate of drug-likeness (QED) is 0.295. The van der Waals surface area contributed by atoms with Gasteiger partial charge >= 0.3 is 10.2 Å². The van der Waals surface area contributed by atoms with E-state index in [0.717, 1.165) is 79.4 Å². The van der Waals surface area contributed by atoms with Gasteiger partial charge in [-0.15, -0.1) is 10.3 Å². The van der Waals surface area contributed by atoms with Gasteiger partial charge in [0.15, 0.2) is 0 Å². The monoisotopic (exact) mass is 677 g/mol. The summed E-state index contributed by atoms with van der Waals surface area (Å²) in [6.45, 7) is 12.4. The maximum absolute atomic E-state index is 13.7. The molecule has 1 spiro atoms. The van der Waals surface area contributed by atoms with Crippen LogP contribution in [0.25, 0.3) is 0 Å². The van der Waals surface area contributed by atoms with E-state index in [4.69, 9.17) is 18.6 Å². The van der Waals surface area contributed by atoms with Crippen molar-refractivity contribution in [2.75, 3.05) is 25.7 Å². The molecule has 0 bridgehead atoms. The molecule has 1 saturated heterocycles. The highest BCUT2D eigenvalue weighted by Crippen LogP contribution is 3.02. The molecule has 45 heavy (non-hydrogen) atoms. The fourth-order valence-electron chi connectivity index (χ4n) is 7.64. The summed E-state index contributed by atoms with van der Waals surface area (Å²) in [5, 5.41) is 0. The van der Waals surface area contributed by atoms with Crippen LogP contribution in [0.4, 0.5) is 19.4 Å². The lowest BCUT2D eigenvalue weighted by atomic mass is 9.70. The first-order valence-electron chi connectivity index (χ1n) is 16.1. The third-order valence-corrected chi connectivity index (χ3v) is 15.5. The summed E-state index contributed by atoms with van der Waals surface area (Å²) < 4.78 is 88.4. The van der Waals surface area contributed by atoms with Crippen LogP contribution >= 0.6 is 20.5 Å². The molecule has 2 aliphatic heterocycles. The fourth-order valence-corrected chi connectivity index (χ4v) is 9.33. The number of nitrogens with zero attached hydrogens (tertiary/aromatic N) is 1. The molecule has 4 nitrogen and oxygen atoms in total. The van der Waals surface area contributed by atoms with Gasteiger partial charge in [-0.3, -0.25) is 4.98 Å². The molecule has 0 N–H and O–H groups in total. The van der Waals surface area contributed by atoms with Crippen LogP contribution in [-0.4, -0.2) is 35.5 Å². The number of benzene rings is 1. The maximum Gasteiger partial charge on any atom is 0.310 e. The number of halogens is 5. The minimum absolute atomic E-state index is 0.0532. The number of aromatic nitrogens is 1. The van der Waals surface area contributed by atoms with Crippen molar-refractivity contribution >= 4 is 20.5 Å². The molecule has 4 aliphatic rings. The van der Waals surface area contributed by atoms with Crippen LogP contribution in [0.15, 0.2) is 29.2 Å². The standard InChI is InChI=1S/C34H48F5NO3S2/c1-32(2,3)44(6,7)43-26-21-33(4,5)20-25-27(26)29-28(30(40-25)22-14-18-41-19-15-22)31(42-34(29)16-8-9-17-34)23-10-12-24(13-11-23)45(35,36,37,38)39/h10-13,22,26,31H,8-9,14-21H2,1-7H3. The summed E-state index contributed by atoms with van der Waals surface area (Å²) in [7, 11) is -11.4. The Kier molecular flexibility index (Phi) is 7.49. The molecule has 2 aromatic rings. The van der Waals surface area contributed by atoms with Crippen molar-refractivity contribution in [2.24, 2.45) is 5.41 Å². The second-order valence-corrected chi connectivity index (χ2v) is 22.0. The molecule has 1 saturated carbocycles. The summed E-state index contributed by atoms with van der Waals surface area (Å²) in [5.74, 6) is 0.102. The fraction of sp³-hybridized carbons (Fsp3) is 0.676. The second kappa shape index (κ2) is 10.1. The SMILES string of the molecule is CC1(C)Cc2nc(C3CCOCC3)c3c(c2C(OS(C)(C)C(C)(C)C)C1)C1(CCCC1)OC3c1ccc(S(F)(F)(F)(F)F)cc1. The van der Waals surface area contributed by atoms with Crippen molar-refractivity contribution in [3.05, 3.63) is 57.9 Å². The average molecular weight is 678 g/mol. The van der Waals surface area contributed by atoms with E-state index in [-0.39, 0.29) is 22.2 Å². The van der Waals surface area contributed by atoms with E-state index in [1.54, 1.807) is 0 Å². The topological polar surface area (TPSA) is 40.6 Å². The van der Waals surface area contributed by atoms with E-state index in [2.05, 4.69) is 47.1 Å². The van der Waals surface area contributed by atoms with Gasteiger partial charge in [-0.2, -0.15) is 0 Å². The van der Waals surface area contributed by atoms with Crippen molar-refractivity contribution < 1.29 is 33.1 Å². The Balaban J connectivity index is 1.59. The van der Waals surface area contributed by atoms with Crippen LogP contribution in [0, 0.1) is 5.41 Å². The third kappa shape index (κ3) is 6.18. The molecular formula is C34H48F5NO3S2. The summed E-state index contributed by atoms with van der Waals surface area (Å²) in [5.41, 5.74) is 4.84. The number of hydrogen-bond acceptors (Lipinski definition) is 4. The molecule has 11 heteroatoms. The van der Waals surface area contributed by atoms with Gasteiger partial charge in [0, 0.05) is 40.7 Å². The lowest BCUT2D eigenvalue weighted by Crippen LogP contribution is -2.35. The Hall–Kier alpha value is -1.40. The van der Waals surface area contributed by atoms with E-state index in [1.165, 1.54) is 12.1 Å². The predicted molar refractivity (Wildman–Crippen MR) is 173 cm³/mol. The summed E-state index contributed by atoms with van der Waals surface area (Å²) in [4.78, 5) is 3.57. The van der Waals surface area contributed by atoms with E-state index in [0.29, 0.717) is 30.9 Å². The smallest absolute Gasteiger partial charge is 0.310 e. The summed E-state index contributed by atoms with van der Waals surface area (Å²) >= 11 is 0. The molecule has 2 fully saturated rings. The maximum atomic E-state index is 13.7. The third-order valence-electron chi connectivity index (χ3n) is 10.6. The molecule has 2 atom stereocenters. The number of fused-ring (bicyclic) bond motifs is 4. The predicted octanol–water partition coefficient (Wildman–Crippen LogP) is 11.3. The Morgan fingerprint density at radius 2 is 1.53 bits per heavy atom. The van der Waals surface area contributed by atoms with Gasteiger partial charge in [0.25, 0.3) is 0 Å². The summed E-state index contributed by atoms with van der Waals surface area (Å²) in [6, 6.07) is 3.38. The average Bonchev–Trinajstić information content (AvgIpc) is 3.51. The van der Waals surface area contributed by atoms with Crippen molar-refractivity contribution in [1.29, 1.82) is 0 Å². The minimum Gasteiger partial charge on any atom is -0.381 e. The molecule has 0 amide bonds. The highest BCUT2D eigenvalue weighted by atomic mass is 32.5. The molecule has 0 radical (unpaired) electrons. The Morgan fingerprint density at radius 1 is 0.933 bits per heavy atom. The number of rotatable bonds is 5. The molecular weight excluding hydrogens is 630 g/mol. The zero-order valence-electron chi connectivity index (χ0n) is 27.5. The lowest BCUT2D eigenvalue weighted by Gasteiger charge is -2.49. The normalized spacial score (nSPS) is 27.1. The van der Waals surface area contributed by atoms with Crippen LogP contribution in [0.1, 0.15) is 131 Å². The first-order chi connectivity index (χ1) is 20.5. The molecule has 254 valence electrons. The second-order valence-electron chi connectivity index (χ2n) is 15.7. The van der Waals surface area contributed by atoms with Gasteiger partial charge in [0.2, 0.25) is 0 Å². The molecule has 6 rings (SSSR count). The largest absolute Gasteiger partial charge is 0.381 e. The highest BCUT2D eigenvalue weighted by molar-refractivity contribution is 8.45. The first kappa shape index (κ1) is 33.5. The van der Waals surface area contributed by atoms with Crippen LogP contribution in [0.2, 0.25) is 0 Å². The van der Waals surface area contributed by atoms with Gasteiger partial charge in [-0.25, -0.2) is 0 Å². The Morgan fingerprint density at radius 3 is 2.09 bits per heavy atom. The van der Waals surface area contributed by atoms with E-state index >= 15 is 0 Å². The van der Waals surface area contributed by atoms with Crippen molar-refractivity contribution in [3.8, 4) is 0 Å². The van der Waals surface area contributed by atoms with Gasteiger partial charge in [-0.1, -0.05) is 79.0 Å². The van der Waals surface area contributed by atoms with Crippen LogP contribution < -0.4 is 0 Å². The Labute approximate surface area is 266 Å². The van der Waals surface area contributed by atoms with E-state index in [9.17, 15) is 19.4 Å². The minimum atomic E-state index is -9.82. The number of pyridine rings is 1. The van der Waals surface area contributed by atoms with Crippen LogP contribution in [0.3, 0.4) is 0 Å². The zero-order chi connectivity index (χ0) is 32.9. The van der Waals surface area contributed by atoms with Gasteiger partial charge in [-0.05, 0) is 79.7 Å². The lowest BCUT2D eigenvalue weighted by molar-refractivity contribution is -0.0578. The highest BCUT2D eigenvalue weighted by Gasteiger charge is 2.65. The van der Waals surface area contributed by atoms with Gasteiger partial charge < -0.3 is 13.7 Å². The Bertz CT molecular complexity index is 1470. The summed E-state index contributed by atoms with van der Waals surface area (Å²) in [6.07, 6.45) is 10.2. The van der Waals surface area contributed by atoms with E-state index in [1.807, 2.05) is 0 Å². The van der Waals surface area contributed by atoms with Gasteiger partial charge in [0.1, 0.15) is 11.0 Å². The molecule has 3 heterocycles. The molecule has 1 aromatic carbocycles. The van der Waals surface area contributed by atoms with Crippen molar-refractivity contribution in [2.45, 2.75) is 119 Å². The molecule has 2 aliphatic carbocycles. The first-order valence-corrected chi connectivity index (χ1v) is 20.4.